The van der Waals surface area contributed by atoms with Crippen LogP contribution in [0.15, 0.2) is 6.07 Å². The van der Waals surface area contributed by atoms with Crippen molar-refractivity contribution in [1.29, 1.82) is 0 Å². The van der Waals surface area contributed by atoms with Crippen LogP contribution in [0.1, 0.15) is 35.1 Å². The number of sulfonamides is 1. The average molecular weight is 444 g/mol. The standard InChI is InChI=1S/C20H27N3O4S.K/c24-20(22-28(25,26)16-9-23(10-16)8-13-11-27-12-13)21-19-17-5-1-3-14(17)7-15-4-2-6-18(15)19;/h7,13,16H,1-6,8-12H2,(H2,21,22,24);/q;+1/p-1. The molecule has 152 valence electrons. The summed E-state index contributed by atoms with van der Waals surface area (Å²) in [6, 6.07) is 1.53. The first kappa shape index (κ1) is 22.2. The topological polar surface area (TPSA) is 89.8 Å². The number of benzene rings is 1. The van der Waals surface area contributed by atoms with Crippen LogP contribution in [0.5, 0.6) is 0 Å². The molecule has 7 nitrogen and oxygen atoms in total. The van der Waals surface area contributed by atoms with Gasteiger partial charge in [-0.15, -0.1) is 0 Å². The van der Waals surface area contributed by atoms with E-state index in [9.17, 15) is 13.2 Å². The molecule has 2 amide bonds. The molecule has 5 rings (SSSR count). The van der Waals surface area contributed by atoms with Crippen molar-refractivity contribution in [3.63, 3.8) is 0 Å². The Labute approximate surface area is 214 Å². The van der Waals surface area contributed by atoms with Gasteiger partial charge < -0.3 is 19.7 Å². The minimum Gasteiger partial charge on any atom is -0.423 e. The summed E-state index contributed by atoms with van der Waals surface area (Å²) in [5.41, 5.74) is 5.80. The molecule has 0 bridgehead atoms. The van der Waals surface area contributed by atoms with E-state index in [0.29, 0.717) is 19.0 Å². The van der Waals surface area contributed by atoms with Crippen LogP contribution < -0.4 is 56.7 Å². The van der Waals surface area contributed by atoms with Crippen molar-refractivity contribution in [2.24, 2.45) is 5.92 Å². The molecule has 1 N–H and O–H groups in total. The van der Waals surface area contributed by atoms with Crippen molar-refractivity contribution in [3.8, 4) is 0 Å². The first-order valence-electron chi connectivity index (χ1n) is 10.2. The second-order valence-corrected chi connectivity index (χ2v) is 10.4. The fraction of sp³-hybridized carbons (Fsp3) is 0.650. The largest absolute Gasteiger partial charge is 1.00 e. The van der Waals surface area contributed by atoms with Gasteiger partial charge in [0.05, 0.1) is 18.5 Å². The van der Waals surface area contributed by atoms with Crippen LogP contribution in [0.25, 0.3) is 4.72 Å². The molecule has 1 aromatic carbocycles. The monoisotopic (exact) mass is 443 g/mol. The van der Waals surface area contributed by atoms with Gasteiger partial charge in [-0.3, -0.25) is 4.79 Å². The molecule has 0 aromatic heterocycles. The van der Waals surface area contributed by atoms with Crippen molar-refractivity contribution in [1.82, 2.24) is 4.90 Å². The van der Waals surface area contributed by atoms with Crippen LogP contribution in [-0.2, 0) is 40.4 Å². The number of urea groups is 1. The van der Waals surface area contributed by atoms with E-state index in [1.807, 2.05) is 0 Å². The van der Waals surface area contributed by atoms with Crippen molar-refractivity contribution in [3.05, 3.63) is 33.0 Å². The molecular weight excluding hydrogens is 417 g/mol. The molecule has 0 unspecified atom stereocenters. The smallest absolute Gasteiger partial charge is 0.423 e. The zero-order valence-electron chi connectivity index (χ0n) is 16.9. The average Bonchev–Trinajstić information content (AvgIpc) is 3.19. The van der Waals surface area contributed by atoms with Crippen LogP contribution in [0.3, 0.4) is 0 Å². The predicted molar refractivity (Wildman–Crippen MR) is 106 cm³/mol. The number of rotatable bonds is 5. The number of anilines is 1. The Morgan fingerprint density at radius 3 is 2.28 bits per heavy atom. The van der Waals surface area contributed by atoms with Crippen molar-refractivity contribution >= 4 is 21.7 Å². The maximum Gasteiger partial charge on any atom is 1.00 e. The second-order valence-electron chi connectivity index (χ2n) is 8.51. The van der Waals surface area contributed by atoms with Gasteiger partial charge in [0.15, 0.2) is 16.1 Å². The molecule has 2 saturated heterocycles. The van der Waals surface area contributed by atoms with Crippen molar-refractivity contribution in [2.45, 2.75) is 43.8 Å². The number of ether oxygens (including phenoxy) is 1. The van der Waals surface area contributed by atoms with Crippen molar-refractivity contribution in [2.75, 3.05) is 38.2 Å². The molecule has 29 heavy (non-hydrogen) atoms. The summed E-state index contributed by atoms with van der Waals surface area (Å²) < 4.78 is 33.8. The van der Waals surface area contributed by atoms with E-state index < -0.39 is 21.3 Å². The van der Waals surface area contributed by atoms with Crippen LogP contribution in [0.2, 0.25) is 0 Å². The van der Waals surface area contributed by atoms with Crippen LogP contribution in [0, 0.1) is 5.92 Å². The third kappa shape index (κ3) is 4.48. The van der Waals surface area contributed by atoms with Gasteiger partial charge in [0.25, 0.3) is 0 Å². The van der Waals surface area contributed by atoms with Gasteiger partial charge in [-0.25, -0.2) is 8.42 Å². The molecule has 0 saturated carbocycles. The molecule has 9 heteroatoms. The maximum atomic E-state index is 12.5. The predicted octanol–water partition coefficient (Wildman–Crippen LogP) is -0.766. The number of carbonyl (C=O) groups excluding carboxylic acids is 1. The van der Waals surface area contributed by atoms with E-state index in [0.717, 1.165) is 64.0 Å². The molecule has 0 radical (unpaired) electrons. The number of aryl methyl sites for hydroxylation is 2. The van der Waals surface area contributed by atoms with Gasteiger partial charge >= 0.3 is 51.4 Å². The minimum atomic E-state index is -3.79. The van der Waals surface area contributed by atoms with E-state index in [1.165, 1.54) is 22.3 Å². The number of fused-ring (bicyclic) bond motifs is 2. The maximum absolute atomic E-state index is 12.5. The van der Waals surface area contributed by atoms with Crippen molar-refractivity contribution < 1.29 is 69.3 Å². The fourth-order valence-corrected chi connectivity index (χ4v) is 6.13. The SMILES string of the molecule is O=C([N-]S(=O)(=O)C1CN(CC2COC2)C1)Nc1c2c(cc3c1CCC3)CCC2.[K+]. The Bertz CT molecular complexity index is 879. The quantitative estimate of drug-likeness (QED) is 0.604. The number of likely N-dealkylation sites (tertiary alicyclic amines) is 1. The molecule has 4 aliphatic rings. The normalized spacial score (nSPS) is 21.5. The third-order valence-corrected chi connectivity index (χ3v) is 8.04. The van der Waals surface area contributed by atoms with Crippen LogP contribution in [0.4, 0.5) is 10.5 Å². The van der Waals surface area contributed by atoms with Gasteiger partial charge in [-0.2, -0.15) is 0 Å². The molecule has 2 aliphatic heterocycles. The van der Waals surface area contributed by atoms with Gasteiger partial charge in [0, 0.05) is 25.6 Å². The molecule has 2 fully saturated rings. The third-order valence-electron chi connectivity index (χ3n) is 6.48. The molecular formula is C20H26KN3O4S. The summed E-state index contributed by atoms with van der Waals surface area (Å²) in [7, 11) is -3.79. The summed E-state index contributed by atoms with van der Waals surface area (Å²) in [5.74, 6) is 0.506. The Morgan fingerprint density at radius 1 is 1.10 bits per heavy atom. The van der Waals surface area contributed by atoms with Gasteiger partial charge in [0.2, 0.25) is 0 Å². The van der Waals surface area contributed by atoms with E-state index in [1.54, 1.807) is 0 Å². The molecule has 0 spiro atoms. The number of hydrogen-bond donors (Lipinski definition) is 1. The zero-order chi connectivity index (χ0) is 19.3. The van der Waals surface area contributed by atoms with E-state index in [2.05, 4.69) is 21.0 Å². The van der Waals surface area contributed by atoms with Crippen LogP contribution >= 0.6 is 0 Å². The summed E-state index contributed by atoms with van der Waals surface area (Å²) in [4.78, 5) is 14.6. The Hall–Kier alpha value is -0.00364. The second kappa shape index (κ2) is 8.86. The zero-order valence-corrected chi connectivity index (χ0v) is 20.9. The first-order chi connectivity index (χ1) is 13.5. The van der Waals surface area contributed by atoms with Gasteiger partial charge in [-0.05, 0) is 66.5 Å². The Morgan fingerprint density at radius 2 is 1.72 bits per heavy atom. The number of amides is 2. The summed E-state index contributed by atoms with van der Waals surface area (Å²) in [6.07, 6.45) is 6.11. The summed E-state index contributed by atoms with van der Waals surface area (Å²) in [5, 5.41) is 2.27. The van der Waals surface area contributed by atoms with E-state index in [4.69, 9.17) is 4.74 Å². The van der Waals surface area contributed by atoms with E-state index in [-0.39, 0.29) is 51.4 Å². The van der Waals surface area contributed by atoms with E-state index >= 15 is 0 Å². The van der Waals surface area contributed by atoms with Gasteiger partial charge in [0.1, 0.15) is 0 Å². The number of nitrogens with zero attached hydrogens (tertiary/aromatic N) is 2. The number of hydrogen-bond acceptors (Lipinski definition) is 5. The molecule has 2 heterocycles. The first-order valence-corrected chi connectivity index (χ1v) is 11.7. The number of carbonyl (C=O) groups is 1. The Balaban J connectivity index is 0.00000205. The molecule has 0 atom stereocenters. The number of nitrogens with one attached hydrogen (secondary N) is 1. The minimum absolute atomic E-state index is 0. The molecule has 2 aliphatic carbocycles. The summed E-state index contributed by atoms with van der Waals surface area (Å²) >= 11 is 0. The Kier molecular flexibility index (Phi) is 6.78. The fourth-order valence-electron chi connectivity index (χ4n) is 4.90. The molecule has 1 aromatic rings. The van der Waals surface area contributed by atoms with Gasteiger partial charge in [-0.1, -0.05) is 6.07 Å². The van der Waals surface area contributed by atoms with Crippen LogP contribution in [-0.4, -0.2) is 57.4 Å². The summed E-state index contributed by atoms with van der Waals surface area (Å²) in [6.45, 7) is 3.27.